The van der Waals surface area contributed by atoms with Crippen molar-refractivity contribution in [2.45, 2.75) is 13.0 Å². The number of likely N-dealkylation sites (N-methyl/N-ethyl adjacent to an activating group) is 1. The van der Waals surface area contributed by atoms with Gasteiger partial charge < -0.3 is 15.0 Å². The zero-order chi connectivity index (χ0) is 18.4. The summed E-state index contributed by atoms with van der Waals surface area (Å²) in [7, 11) is 3.02. The van der Waals surface area contributed by atoms with Crippen LogP contribution in [0.1, 0.15) is 17.3 Å². The molecule has 0 aliphatic carbocycles. The lowest BCUT2D eigenvalue weighted by molar-refractivity contribution is -0.384. The van der Waals surface area contributed by atoms with Gasteiger partial charge in [-0.05, 0) is 19.1 Å². The molecular weight excluding hydrogens is 342 g/mol. The summed E-state index contributed by atoms with van der Waals surface area (Å²) in [5, 5.41) is 13.0. The van der Waals surface area contributed by atoms with Gasteiger partial charge in [-0.25, -0.2) is 4.79 Å². The molecule has 1 N–H and O–H groups in total. The first-order valence-electron chi connectivity index (χ1n) is 6.75. The van der Waals surface area contributed by atoms with E-state index in [4.69, 9.17) is 16.3 Å². The Bertz CT molecular complexity index is 676. The molecule has 0 radical (unpaired) electrons. The lowest BCUT2D eigenvalue weighted by Gasteiger charge is -2.15. The molecular formula is C14H16ClN3O6. The van der Waals surface area contributed by atoms with Crippen LogP contribution < -0.4 is 5.32 Å². The lowest BCUT2D eigenvalue weighted by atomic mass is 10.1. The summed E-state index contributed by atoms with van der Waals surface area (Å²) in [4.78, 5) is 46.4. The standard InChI is InChI=1S/C14H16ClN3O6/c1-8(14(21)24-7-12(19)17(2)3)16-13(20)9-4-5-10(15)11(6-9)18(22)23/h4-6,8H,7H2,1-3H3,(H,16,20)/t8-/m0/s1. The molecule has 0 aliphatic rings. The maximum absolute atomic E-state index is 12.0. The van der Waals surface area contributed by atoms with Gasteiger partial charge in [-0.2, -0.15) is 0 Å². The van der Waals surface area contributed by atoms with Crippen molar-refractivity contribution in [3.8, 4) is 0 Å². The van der Waals surface area contributed by atoms with E-state index in [0.717, 1.165) is 6.07 Å². The van der Waals surface area contributed by atoms with Crippen molar-refractivity contribution >= 4 is 35.1 Å². The van der Waals surface area contributed by atoms with Crippen LogP contribution >= 0.6 is 11.6 Å². The number of rotatable bonds is 6. The highest BCUT2D eigenvalue weighted by molar-refractivity contribution is 6.32. The van der Waals surface area contributed by atoms with E-state index in [0.29, 0.717) is 0 Å². The lowest BCUT2D eigenvalue weighted by Crippen LogP contribution is -2.40. The van der Waals surface area contributed by atoms with Crippen LogP contribution in [0.4, 0.5) is 5.69 Å². The molecule has 0 unspecified atom stereocenters. The number of nitro groups is 1. The van der Waals surface area contributed by atoms with E-state index < -0.39 is 41.0 Å². The molecule has 0 saturated heterocycles. The number of carbonyl (C=O) groups is 3. The predicted octanol–water partition coefficient (Wildman–Crippen LogP) is 0.998. The Hall–Kier alpha value is -2.68. The maximum Gasteiger partial charge on any atom is 0.328 e. The predicted molar refractivity (Wildman–Crippen MR) is 84.7 cm³/mol. The van der Waals surface area contributed by atoms with Crippen LogP contribution in [-0.4, -0.2) is 54.4 Å². The van der Waals surface area contributed by atoms with Gasteiger partial charge in [0.05, 0.1) is 4.92 Å². The molecule has 0 spiro atoms. The highest BCUT2D eigenvalue weighted by Crippen LogP contribution is 2.25. The van der Waals surface area contributed by atoms with Gasteiger partial charge in [-0.3, -0.25) is 19.7 Å². The Morgan fingerprint density at radius 2 is 2.00 bits per heavy atom. The zero-order valence-electron chi connectivity index (χ0n) is 13.2. The Morgan fingerprint density at radius 3 is 2.54 bits per heavy atom. The fourth-order valence-corrected chi connectivity index (χ4v) is 1.71. The molecule has 0 bridgehead atoms. The third kappa shape index (κ3) is 5.20. The van der Waals surface area contributed by atoms with Crippen LogP contribution in [-0.2, 0) is 14.3 Å². The first kappa shape index (κ1) is 19.4. The van der Waals surface area contributed by atoms with Crippen LogP contribution in [0.25, 0.3) is 0 Å². The van der Waals surface area contributed by atoms with Crippen molar-refractivity contribution in [1.82, 2.24) is 10.2 Å². The summed E-state index contributed by atoms with van der Waals surface area (Å²) in [5.74, 6) is -1.92. The van der Waals surface area contributed by atoms with E-state index in [-0.39, 0.29) is 10.6 Å². The number of carbonyl (C=O) groups excluding carboxylic acids is 3. The molecule has 1 atom stereocenters. The number of nitrogens with zero attached hydrogens (tertiary/aromatic N) is 2. The van der Waals surface area contributed by atoms with Crippen LogP contribution in [0, 0.1) is 10.1 Å². The van der Waals surface area contributed by atoms with E-state index in [9.17, 15) is 24.5 Å². The molecule has 9 nitrogen and oxygen atoms in total. The number of hydrogen-bond donors (Lipinski definition) is 1. The summed E-state index contributed by atoms with van der Waals surface area (Å²) in [5.41, 5.74) is -0.453. The monoisotopic (exact) mass is 357 g/mol. The number of ether oxygens (including phenoxy) is 1. The number of hydrogen-bond acceptors (Lipinski definition) is 6. The minimum atomic E-state index is -1.04. The molecule has 1 aromatic carbocycles. The highest BCUT2D eigenvalue weighted by atomic mass is 35.5. The van der Waals surface area contributed by atoms with E-state index >= 15 is 0 Å². The summed E-state index contributed by atoms with van der Waals surface area (Å²) in [6.07, 6.45) is 0. The van der Waals surface area contributed by atoms with E-state index in [1.165, 1.54) is 38.1 Å². The number of halogens is 1. The normalized spacial score (nSPS) is 11.3. The van der Waals surface area contributed by atoms with Crippen LogP contribution in [0.2, 0.25) is 5.02 Å². The number of amides is 2. The van der Waals surface area contributed by atoms with E-state index in [2.05, 4.69) is 5.32 Å². The summed E-state index contributed by atoms with van der Waals surface area (Å²) >= 11 is 5.67. The first-order chi connectivity index (χ1) is 11.1. The molecule has 130 valence electrons. The molecule has 0 aliphatic heterocycles. The van der Waals surface area contributed by atoms with Gasteiger partial charge >= 0.3 is 5.97 Å². The molecule has 0 fully saturated rings. The van der Waals surface area contributed by atoms with Gasteiger partial charge in [0.25, 0.3) is 17.5 Å². The fourth-order valence-electron chi connectivity index (χ4n) is 1.52. The van der Waals surface area contributed by atoms with Gasteiger partial charge in [0.1, 0.15) is 11.1 Å². The highest BCUT2D eigenvalue weighted by Gasteiger charge is 2.21. The Kier molecular flexibility index (Phi) is 6.66. The molecule has 1 aromatic rings. The van der Waals surface area contributed by atoms with Crippen LogP contribution in [0.3, 0.4) is 0 Å². The van der Waals surface area contributed by atoms with E-state index in [1.807, 2.05) is 0 Å². The molecule has 10 heteroatoms. The van der Waals surface area contributed by atoms with Crippen molar-refractivity contribution in [1.29, 1.82) is 0 Å². The van der Waals surface area contributed by atoms with Crippen molar-refractivity contribution < 1.29 is 24.0 Å². The van der Waals surface area contributed by atoms with Crippen LogP contribution in [0.15, 0.2) is 18.2 Å². The Morgan fingerprint density at radius 1 is 1.38 bits per heavy atom. The second-order valence-corrected chi connectivity index (χ2v) is 5.42. The summed E-state index contributed by atoms with van der Waals surface area (Å²) < 4.78 is 4.77. The minimum Gasteiger partial charge on any atom is -0.454 e. The minimum absolute atomic E-state index is 0.0323. The largest absolute Gasteiger partial charge is 0.454 e. The third-order valence-electron chi connectivity index (χ3n) is 2.94. The second-order valence-electron chi connectivity index (χ2n) is 5.01. The smallest absolute Gasteiger partial charge is 0.328 e. The van der Waals surface area contributed by atoms with Crippen molar-refractivity contribution in [3.05, 3.63) is 38.9 Å². The molecule has 0 aromatic heterocycles. The maximum atomic E-state index is 12.0. The molecule has 0 heterocycles. The summed E-state index contributed by atoms with van der Waals surface area (Å²) in [6, 6.07) is 2.47. The fraction of sp³-hybridized carbons (Fsp3) is 0.357. The van der Waals surface area contributed by atoms with Crippen molar-refractivity contribution in [2.24, 2.45) is 0 Å². The number of benzene rings is 1. The van der Waals surface area contributed by atoms with Gasteiger partial charge in [-0.15, -0.1) is 0 Å². The SMILES string of the molecule is C[C@H](NC(=O)c1ccc(Cl)c([N+](=O)[O-])c1)C(=O)OCC(=O)N(C)C. The molecule has 24 heavy (non-hydrogen) atoms. The second kappa shape index (κ2) is 8.25. The topological polar surface area (TPSA) is 119 Å². The molecule has 1 rings (SSSR count). The number of esters is 1. The zero-order valence-corrected chi connectivity index (χ0v) is 14.0. The quantitative estimate of drug-likeness (QED) is 0.461. The van der Waals surface area contributed by atoms with Gasteiger partial charge in [0.15, 0.2) is 6.61 Å². The first-order valence-corrected chi connectivity index (χ1v) is 7.13. The third-order valence-corrected chi connectivity index (χ3v) is 3.26. The van der Waals surface area contributed by atoms with Crippen molar-refractivity contribution in [2.75, 3.05) is 20.7 Å². The van der Waals surface area contributed by atoms with Crippen molar-refractivity contribution in [3.63, 3.8) is 0 Å². The van der Waals surface area contributed by atoms with Crippen LogP contribution in [0.5, 0.6) is 0 Å². The van der Waals surface area contributed by atoms with Gasteiger partial charge in [0.2, 0.25) is 0 Å². The summed E-state index contributed by atoms with van der Waals surface area (Å²) in [6.45, 7) is 0.920. The number of nitro benzene ring substituents is 1. The Balaban J connectivity index is 2.70. The molecule has 2 amide bonds. The van der Waals surface area contributed by atoms with Gasteiger partial charge in [0, 0.05) is 25.7 Å². The molecule has 0 saturated carbocycles. The van der Waals surface area contributed by atoms with E-state index in [1.54, 1.807) is 0 Å². The van der Waals surface area contributed by atoms with Gasteiger partial charge in [-0.1, -0.05) is 11.6 Å². The average Bonchev–Trinajstić information content (AvgIpc) is 2.51. The number of nitrogens with one attached hydrogen (secondary N) is 1. The Labute approximate surface area is 142 Å². The average molecular weight is 358 g/mol.